The van der Waals surface area contributed by atoms with Crippen LogP contribution in [0.4, 0.5) is 22.7 Å². The molecule has 0 saturated carbocycles. The van der Waals surface area contributed by atoms with Crippen molar-refractivity contribution in [1.82, 2.24) is 0 Å². The summed E-state index contributed by atoms with van der Waals surface area (Å²) in [6.07, 6.45) is 0. The minimum absolute atomic E-state index is 0.660. The van der Waals surface area contributed by atoms with Crippen LogP contribution < -0.4 is 22.5 Å². The van der Waals surface area contributed by atoms with Crippen LogP contribution in [0, 0.1) is 17.9 Å². The summed E-state index contributed by atoms with van der Waals surface area (Å²) in [4.78, 5) is 6.18. The molecule has 166 valence electrons. The predicted molar refractivity (Wildman–Crippen MR) is 148 cm³/mol. The molecule has 36 heavy (non-hydrogen) atoms. The molecular formula is C32H19GeN3. The molecule has 0 fully saturated rings. The Morgan fingerprint density at radius 1 is 0.639 bits per heavy atom. The quantitative estimate of drug-likeness (QED) is 0.220. The number of hydrogen-bond donors (Lipinski definition) is 0. The van der Waals surface area contributed by atoms with Crippen molar-refractivity contribution in [2.24, 2.45) is 0 Å². The van der Waals surface area contributed by atoms with E-state index in [1.807, 2.05) is 18.2 Å². The molecule has 3 nitrogen and oxygen atoms in total. The van der Waals surface area contributed by atoms with Crippen LogP contribution in [0.1, 0.15) is 5.56 Å². The number of anilines is 3. The maximum absolute atomic E-state index is 9.86. The van der Waals surface area contributed by atoms with Crippen molar-refractivity contribution >= 4 is 53.6 Å². The van der Waals surface area contributed by atoms with Crippen molar-refractivity contribution in [3.8, 4) is 17.2 Å². The third-order valence-electron chi connectivity index (χ3n) is 7.49. The molecule has 2 aliphatic heterocycles. The van der Waals surface area contributed by atoms with E-state index in [1.54, 1.807) is 0 Å². The van der Waals surface area contributed by atoms with Gasteiger partial charge in [-0.2, -0.15) is 0 Å². The number of nitriles is 1. The zero-order valence-corrected chi connectivity index (χ0v) is 21.4. The van der Waals surface area contributed by atoms with Gasteiger partial charge in [-0.3, -0.25) is 0 Å². The molecule has 0 aromatic heterocycles. The molecule has 7 rings (SSSR count). The molecule has 5 aromatic rings. The first kappa shape index (κ1) is 20.8. The first-order chi connectivity index (χ1) is 17.8. The van der Waals surface area contributed by atoms with E-state index in [1.165, 1.54) is 40.1 Å². The Balaban J connectivity index is 1.68. The molecule has 1 spiro atoms. The van der Waals surface area contributed by atoms with Gasteiger partial charge < -0.3 is 0 Å². The van der Waals surface area contributed by atoms with Crippen LogP contribution in [0.25, 0.3) is 16.0 Å². The van der Waals surface area contributed by atoms with E-state index in [0.717, 1.165) is 5.69 Å². The van der Waals surface area contributed by atoms with E-state index in [0.29, 0.717) is 11.3 Å². The number of benzene rings is 5. The van der Waals surface area contributed by atoms with Gasteiger partial charge in [0.1, 0.15) is 0 Å². The number of nitrogens with zero attached hydrogens (tertiary/aromatic N) is 3. The van der Waals surface area contributed by atoms with E-state index >= 15 is 0 Å². The van der Waals surface area contributed by atoms with Crippen molar-refractivity contribution in [2.45, 2.75) is 0 Å². The van der Waals surface area contributed by atoms with Gasteiger partial charge in [-0.15, -0.1) is 0 Å². The van der Waals surface area contributed by atoms with Gasteiger partial charge >= 0.3 is 213 Å². The molecule has 0 bridgehead atoms. The third-order valence-corrected chi connectivity index (χ3v) is 17.8. The average Bonchev–Trinajstić information content (AvgIpc) is 3.23. The second-order valence-electron chi connectivity index (χ2n) is 9.17. The van der Waals surface area contributed by atoms with E-state index in [-0.39, 0.29) is 0 Å². The molecule has 4 heteroatoms. The first-order valence-electron chi connectivity index (χ1n) is 11.9. The molecule has 2 aliphatic rings. The fourth-order valence-corrected chi connectivity index (χ4v) is 17.8. The molecule has 0 atom stereocenters. The van der Waals surface area contributed by atoms with Crippen LogP contribution in [0.15, 0.2) is 115 Å². The summed E-state index contributed by atoms with van der Waals surface area (Å²) in [7, 11) is 0. The number of hydrogen-bond acceptors (Lipinski definition) is 2. The van der Waals surface area contributed by atoms with Crippen molar-refractivity contribution in [3.63, 3.8) is 0 Å². The normalized spacial score (nSPS) is 13.7. The summed E-state index contributed by atoms with van der Waals surface area (Å²) in [5.41, 5.74) is 7.20. The second kappa shape index (κ2) is 7.72. The van der Waals surface area contributed by atoms with E-state index < -0.39 is 13.3 Å². The van der Waals surface area contributed by atoms with Gasteiger partial charge in [-0.25, -0.2) is 0 Å². The van der Waals surface area contributed by atoms with Crippen LogP contribution in [-0.4, -0.2) is 13.3 Å². The molecule has 0 radical (unpaired) electrons. The van der Waals surface area contributed by atoms with Gasteiger partial charge in [0, 0.05) is 0 Å². The Labute approximate surface area is 212 Å². The SMILES string of the molecule is [C-]#[N+]c1ccc2[c](c1)[Ge]1([c]3cc(C#N)ccc3-2)[c]2ccccc2N(c2ccccc2)c2cccc[c]21. The first-order valence-corrected chi connectivity index (χ1v) is 16.1. The molecule has 0 amide bonds. The third kappa shape index (κ3) is 2.61. The predicted octanol–water partition coefficient (Wildman–Crippen LogP) is 5.25. The van der Waals surface area contributed by atoms with Crippen molar-refractivity contribution < 1.29 is 0 Å². The summed E-state index contributed by atoms with van der Waals surface area (Å²) in [5.74, 6) is 0. The zero-order valence-electron chi connectivity index (χ0n) is 19.3. The molecule has 0 N–H and O–H groups in total. The summed E-state index contributed by atoms with van der Waals surface area (Å²) in [6.45, 7) is 7.76. The minimum atomic E-state index is -3.57. The topological polar surface area (TPSA) is 31.4 Å². The standard InChI is InChI=1S/C32H19GeN3/c1-35-23-16-18-26-25-17-15-22(21-34)19-29(25)33(30(26)20-23)27-11-5-7-13-31(27)36(24-9-3-2-4-10-24)32-14-8-6-12-28(32)33/h2-20H. The van der Waals surface area contributed by atoms with Crippen molar-refractivity contribution in [2.75, 3.05) is 4.90 Å². The van der Waals surface area contributed by atoms with Gasteiger partial charge in [0.2, 0.25) is 0 Å². The average molecular weight is 518 g/mol. The number of fused-ring (bicyclic) bond motifs is 9. The fourth-order valence-electron chi connectivity index (χ4n) is 6.13. The van der Waals surface area contributed by atoms with E-state index in [2.05, 4.69) is 113 Å². The Hall–Kier alpha value is -4.58. The van der Waals surface area contributed by atoms with Gasteiger partial charge in [0.25, 0.3) is 0 Å². The van der Waals surface area contributed by atoms with Crippen molar-refractivity contribution in [3.05, 3.63) is 132 Å². The zero-order chi connectivity index (χ0) is 24.3. The second-order valence-corrected chi connectivity index (χ2v) is 16.8. The molecule has 2 heterocycles. The summed E-state index contributed by atoms with van der Waals surface area (Å²) in [6, 6.07) is 42.7. The van der Waals surface area contributed by atoms with Crippen molar-refractivity contribution in [1.29, 1.82) is 5.26 Å². The number of rotatable bonds is 1. The Morgan fingerprint density at radius 2 is 1.22 bits per heavy atom. The van der Waals surface area contributed by atoms with E-state index in [9.17, 15) is 5.26 Å². The van der Waals surface area contributed by atoms with Crippen LogP contribution in [0.5, 0.6) is 0 Å². The maximum atomic E-state index is 9.86. The van der Waals surface area contributed by atoms with E-state index in [4.69, 9.17) is 6.57 Å². The Morgan fingerprint density at radius 3 is 1.86 bits per heavy atom. The molecule has 5 aromatic carbocycles. The van der Waals surface area contributed by atoms with Crippen LogP contribution in [0.3, 0.4) is 0 Å². The van der Waals surface area contributed by atoms with Crippen LogP contribution in [-0.2, 0) is 0 Å². The van der Waals surface area contributed by atoms with Gasteiger partial charge in [-0.1, -0.05) is 0 Å². The number of para-hydroxylation sites is 3. The Bertz CT molecular complexity index is 1660. The van der Waals surface area contributed by atoms with Gasteiger partial charge in [0.05, 0.1) is 0 Å². The summed E-state index contributed by atoms with van der Waals surface area (Å²) in [5, 5.41) is 9.86. The van der Waals surface area contributed by atoms with Crippen LogP contribution in [0.2, 0.25) is 0 Å². The van der Waals surface area contributed by atoms with Gasteiger partial charge in [-0.05, 0) is 0 Å². The van der Waals surface area contributed by atoms with Crippen LogP contribution >= 0.6 is 0 Å². The summed E-state index contributed by atoms with van der Waals surface area (Å²) < 4.78 is 5.22. The van der Waals surface area contributed by atoms with Gasteiger partial charge in [0.15, 0.2) is 0 Å². The Kier molecular flexibility index (Phi) is 4.45. The molecular weight excluding hydrogens is 499 g/mol. The summed E-state index contributed by atoms with van der Waals surface area (Å²) >= 11 is -3.57. The monoisotopic (exact) mass is 519 g/mol. The molecule has 0 saturated heterocycles. The molecule has 0 aliphatic carbocycles. The molecule has 0 unspecified atom stereocenters. The fraction of sp³-hybridized carbons (Fsp3) is 0.